The fourth-order valence-electron chi connectivity index (χ4n) is 3.44. The van der Waals surface area contributed by atoms with E-state index in [4.69, 9.17) is 13.9 Å². The standard InChI is InChI=1S/C19H34O5Si/c1-13(20)22-12-18-17(24-25(5,6)19(2,3)4)11-16(23-18)14-9-7-8-10-15(14)21/h14,16-18H,7-12H2,1-6H3/t14?,16-,17-,18+/m0/s1. The van der Waals surface area contributed by atoms with Crippen molar-refractivity contribution < 1.29 is 23.5 Å². The maximum absolute atomic E-state index is 12.3. The van der Waals surface area contributed by atoms with Crippen LogP contribution in [0.4, 0.5) is 0 Å². The highest BCUT2D eigenvalue weighted by atomic mass is 28.4. The first-order chi connectivity index (χ1) is 11.5. The van der Waals surface area contributed by atoms with Crippen molar-refractivity contribution >= 4 is 20.1 Å². The number of rotatable bonds is 5. The van der Waals surface area contributed by atoms with Crippen LogP contribution in [-0.2, 0) is 23.5 Å². The van der Waals surface area contributed by atoms with Gasteiger partial charge in [0.2, 0.25) is 0 Å². The Morgan fingerprint density at radius 3 is 2.52 bits per heavy atom. The van der Waals surface area contributed by atoms with Crippen molar-refractivity contribution in [3.05, 3.63) is 0 Å². The summed E-state index contributed by atoms with van der Waals surface area (Å²) in [7, 11) is -1.97. The molecule has 4 atom stereocenters. The van der Waals surface area contributed by atoms with E-state index in [9.17, 15) is 9.59 Å². The van der Waals surface area contributed by atoms with E-state index in [-0.39, 0.29) is 41.8 Å². The summed E-state index contributed by atoms with van der Waals surface area (Å²) >= 11 is 0. The number of hydrogen-bond donors (Lipinski definition) is 0. The van der Waals surface area contributed by atoms with Crippen LogP contribution in [-0.4, -0.2) is 45.0 Å². The zero-order chi connectivity index (χ0) is 18.8. The molecule has 1 saturated heterocycles. The molecule has 1 saturated carbocycles. The molecule has 2 aliphatic rings. The minimum atomic E-state index is -1.97. The molecule has 144 valence electrons. The lowest BCUT2D eigenvalue weighted by atomic mass is 9.83. The molecule has 25 heavy (non-hydrogen) atoms. The number of esters is 1. The van der Waals surface area contributed by atoms with Gasteiger partial charge < -0.3 is 13.9 Å². The van der Waals surface area contributed by atoms with Crippen molar-refractivity contribution in [1.82, 2.24) is 0 Å². The van der Waals surface area contributed by atoms with Crippen molar-refractivity contribution in [1.29, 1.82) is 0 Å². The van der Waals surface area contributed by atoms with Gasteiger partial charge in [-0.25, -0.2) is 0 Å². The number of hydrogen-bond acceptors (Lipinski definition) is 5. The summed E-state index contributed by atoms with van der Waals surface area (Å²) in [5.74, 6) is -0.0241. The molecule has 5 nitrogen and oxygen atoms in total. The molecule has 0 spiro atoms. The summed E-state index contributed by atoms with van der Waals surface area (Å²) < 4.78 is 18.0. The molecule has 6 heteroatoms. The highest BCUT2D eigenvalue weighted by molar-refractivity contribution is 6.74. The Balaban J connectivity index is 2.10. The lowest BCUT2D eigenvalue weighted by molar-refractivity contribution is -0.148. The Morgan fingerprint density at radius 2 is 1.96 bits per heavy atom. The Kier molecular flexibility index (Phi) is 6.49. The van der Waals surface area contributed by atoms with Gasteiger partial charge in [0.25, 0.3) is 0 Å². The number of ketones is 1. The summed E-state index contributed by atoms with van der Waals surface area (Å²) in [6, 6.07) is 0. The SMILES string of the molecule is CC(=O)OC[C@H]1O[C@H](C2CCCCC2=O)C[C@@H]1O[Si](C)(C)C(C)(C)C. The van der Waals surface area contributed by atoms with Gasteiger partial charge in [0.05, 0.1) is 12.2 Å². The van der Waals surface area contributed by atoms with Gasteiger partial charge in [0.1, 0.15) is 18.5 Å². The van der Waals surface area contributed by atoms with Crippen molar-refractivity contribution in [2.45, 2.75) is 96.2 Å². The van der Waals surface area contributed by atoms with Crippen LogP contribution >= 0.6 is 0 Å². The van der Waals surface area contributed by atoms with Gasteiger partial charge in [-0.3, -0.25) is 9.59 Å². The Hall–Kier alpha value is -0.723. The van der Waals surface area contributed by atoms with Crippen LogP contribution in [0.15, 0.2) is 0 Å². The van der Waals surface area contributed by atoms with Crippen LogP contribution in [0.5, 0.6) is 0 Å². The van der Waals surface area contributed by atoms with Gasteiger partial charge in [-0.2, -0.15) is 0 Å². The molecule has 0 aromatic rings. The zero-order valence-corrected chi connectivity index (χ0v) is 17.6. The van der Waals surface area contributed by atoms with Crippen LogP contribution in [0.25, 0.3) is 0 Å². The maximum Gasteiger partial charge on any atom is 0.302 e. The zero-order valence-electron chi connectivity index (χ0n) is 16.6. The first-order valence-electron chi connectivity index (χ1n) is 9.50. The lowest BCUT2D eigenvalue weighted by Gasteiger charge is -2.39. The second-order valence-corrected chi connectivity index (χ2v) is 13.7. The molecule has 0 aromatic carbocycles. The molecule has 1 aliphatic heterocycles. The maximum atomic E-state index is 12.3. The van der Waals surface area contributed by atoms with E-state index >= 15 is 0 Å². The van der Waals surface area contributed by atoms with Gasteiger partial charge in [-0.1, -0.05) is 27.2 Å². The average Bonchev–Trinajstić information content (AvgIpc) is 2.86. The molecule has 1 aliphatic carbocycles. The molecule has 0 bridgehead atoms. The summed E-state index contributed by atoms with van der Waals surface area (Å²) in [6.45, 7) is 12.7. The first-order valence-corrected chi connectivity index (χ1v) is 12.4. The second-order valence-electron chi connectivity index (χ2n) is 8.99. The summed E-state index contributed by atoms with van der Waals surface area (Å²) in [5, 5.41) is 0.0950. The topological polar surface area (TPSA) is 61.8 Å². The smallest absolute Gasteiger partial charge is 0.302 e. The minimum absolute atomic E-state index is 0.0263. The van der Waals surface area contributed by atoms with E-state index in [1.807, 2.05) is 0 Å². The highest BCUT2D eigenvalue weighted by Crippen LogP contribution is 2.41. The third kappa shape index (κ3) is 5.14. The molecular weight excluding hydrogens is 336 g/mol. The molecule has 0 aromatic heterocycles. The predicted molar refractivity (Wildman–Crippen MR) is 98.9 cm³/mol. The molecule has 2 fully saturated rings. The molecule has 1 heterocycles. The van der Waals surface area contributed by atoms with E-state index in [2.05, 4.69) is 33.9 Å². The van der Waals surface area contributed by atoms with Gasteiger partial charge in [0.15, 0.2) is 8.32 Å². The van der Waals surface area contributed by atoms with Gasteiger partial charge in [-0.05, 0) is 31.0 Å². The third-order valence-corrected chi connectivity index (χ3v) is 10.5. The summed E-state index contributed by atoms with van der Waals surface area (Å²) in [5.41, 5.74) is 0. The Labute approximate surface area is 152 Å². The van der Waals surface area contributed by atoms with Crippen molar-refractivity contribution in [2.75, 3.05) is 6.61 Å². The van der Waals surface area contributed by atoms with E-state index in [1.54, 1.807) is 0 Å². The quantitative estimate of drug-likeness (QED) is 0.543. The molecule has 1 unspecified atom stereocenters. The van der Waals surface area contributed by atoms with Gasteiger partial charge >= 0.3 is 5.97 Å². The van der Waals surface area contributed by atoms with Crippen LogP contribution in [0, 0.1) is 5.92 Å². The fraction of sp³-hybridized carbons (Fsp3) is 0.895. The number of carbonyl (C=O) groups excluding carboxylic acids is 2. The van der Waals surface area contributed by atoms with E-state index in [0.717, 1.165) is 25.7 Å². The van der Waals surface area contributed by atoms with Crippen molar-refractivity contribution in [3.63, 3.8) is 0 Å². The molecule has 0 N–H and O–H groups in total. The minimum Gasteiger partial charge on any atom is -0.463 e. The van der Waals surface area contributed by atoms with Gasteiger partial charge in [0, 0.05) is 25.7 Å². The van der Waals surface area contributed by atoms with Crippen LogP contribution in [0.3, 0.4) is 0 Å². The molecule has 2 rings (SSSR count). The predicted octanol–water partition coefficient (Wildman–Crippen LogP) is 3.86. The van der Waals surface area contributed by atoms with E-state index in [1.165, 1.54) is 6.92 Å². The average molecular weight is 371 g/mol. The Bertz CT molecular complexity index is 497. The molecule has 0 amide bonds. The summed E-state index contributed by atoms with van der Waals surface area (Å²) in [6.07, 6.45) is 3.85. The highest BCUT2D eigenvalue weighted by Gasteiger charge is 2.47. The molecular formula is C19H34O5Si. The molecule has 0 radical (unpaired) electrons. The number of ether oxygens (including phenoxy) is 2. The normalized spacial score (nSPS) is 31.2. The third-order valence-electron chi connectivity index (χ3n) is 5.98. The van der Waals surface area contributed by atoms with E-state index in [0.29, 0.717) is 12.2 Å². The summed E-state index contributed by atoms with van der Waals surface area (Å²) in [4.78, 5) is 23.5. The Morgan fingerprint density at radius 1 is 1.28 bits per heavy atom. The monoisotopic (exact) mass is 370 g/mol. The van der Waals surface area contributed by atoms with Gasteiger partial charge in [-0.15, -0.1) is 0 Å². The number of carbonyl (C=O) groups is 2. The largest absolute Gasteiger partial charge is 0.463 e. The van der Waals surface area contributed by atoms with Crippen molar-refractivity contribution in [3.8, 4) is 0 Å². The first kappa shape index (κ1) is 20.6. The number of Topliss-reactive ketones (excluding diaryl/α,β-unsaturated/α-hetero) is 1. The van der Waals surface area contributed by atoms with Crippen LogP contribution < -0.4 is 0 Å². The van der Waals surface area contributed by atoms with Crippen LogP contribution in [0.2, 0.25) is 18.1 Å². The second kappa shape index (κ2) is 7.88. The van der Waals surface area contributed by atoms with Crippen molar-refractivity contribution in [2.24, 2.45) is 5.92 Å². The van der Waals surface area contributed by atoms with E-state index < -0.39 is 8.32 Å². The lowest BCUT2D eigenvalue weighted by Crippen LogP contribution is -2.46. The fourth-order valence-corrected chi connectivity index (χ4v) is 4.79. The van der Waals surface area contributed by atoms with Crippen LogP contribution in [0.1, 0.15) is 59.8 Å².